The molecule has 1 N–H and O–H groups in total. The second-order valence-corrected chi connectivity index (χ2v) is 5.64. The molecule has 0 aromatic heterocycles. The Kier molecular flexibility index (Phi) is 7.14. The van der Waals surface area contributed by atoms with E-state index in [1.807, 2.05) is 30.3 Å². The summed E-state index contributed by atoms with van der Waals surface area (Å²) < 4.78 is 21.0. The fourth-order valence-electron chi connectivity index (χ4n) is 2.62. The van der Waals surface area contributed by atoms with E-state index < -0.39 is 0 Å². The molecule has 0 bridgehead atoms. The third-order valence-corrected chi connectivity index (χ3v) is 4.03. The molecular weight excluding hydrogens is 334 g/mol. The van der Waals surface area contributed by atoms with Gasteiger partial charge >= 0.3 is 0 Å². The third kappa shape index (κ3) is 5.05. The van der Waals surface area contributed by atoms with Crippen molar-refractivity contribution >= 4 is 5.91 Å². The highest BCUT2D eigenvalue weighted by Gasteiger charge is 2.10. The number of methoxy groups -OCH3 is 4. The lowest BCUT2D eigenvalue weighted by Gasteiger charge is -2.11. The highest BCUT2D eigenvalue weighted by molar-refractivity contribution is 5.79. The second kappa shape index (κ2) is 9.56. The molecule has 2 aromatic carbocycles. The van der Waals surface area contributed by atoms with Crippen molar-refractivity contribution in [3.63, 3.8) is 0 Å². The van der Waals surface area contributed by atoms with Crippen LogP contribution in [0.2, 0.25) is 0 Å². The van der Waals surface area contributed by atoms with Gasteiger partial charge in [-0.25, -0.2) is 0 Å². The van der Waals surface area contributed by atoms with E-state index in [0.29, 0.717) is 36.0 Å². The van der Waals surface area contributed by atoms with E-state index in [0.717, 1.165) is 11.1 Å². The van der Waals surface area contributed by atoms with Gasteiger partial charge in [0, 0.05) is 18.2 Å². The largest absolute Gasteiger partial charge is 0.497 e. The van der Waals surface area contributed by atoms with Crippen LogP contribution in [0.25, 0.3) is 0 Å². The van der Waals surface area contributed by atoms with E-state index >= 15 is 0 Å². The third-order valence-electron chi connectivity index (χ3n) is 4.03. The summed E-state index contributed by atoms with van der Waals surface area (Å²) in [7, 11) is 6.37. The van der Waals surface area contributed by atoms with Gasteiger partial charge in [0.1, 0.15) is 11.5 Å². The molecule has 0 aliphatic heterocycles. The first-order chi connectivity index (χ1) is 12.6. The van der Waals surface area contributed by atoms with Crippen LogP contribution in [0, 0.1) is 0 Å². The molecule has 2 aromatic rings. The number of nitrogens with one attached hydrogen (secondary N) is 1. The lowest BCUT2D eigenvalue weighted by atomic mass is 10.1. The summed E-state index contributed by atoms with van der Waals surface area (Å²) in [6.07, 6.45) is 0.949. The quantitative estimate of drug-likeness (QED) is 0.746. The van der Waals surface area contributed by atoms with Crippen LogP contribution in [0.15, 0.2) is 36.4 Å². The summed E-state index contributed by atoms with van der Waals surface area (Å²) in [5, 5.41) is 2.93. The number of rotatable bonds is 9. The van der Waals surface area contributed by atoms with E-state index in [1.54, 1.807) is 34.5 Å². The first-order valence-corrected chi connectivity index (χ1v) is 8.29. The van der Waals surface area contributed by atoms with Crippen molar-refractivity contribution < 1.29 is 23.7 Å². The standard InChI is InChI=1S/C20H25NO5/c1-23-16-7-6-15(18(13-16)25-3)12-20(22)21-10-9-14-5-8-17(24-2)19(11-14)26-4/h5-8,11,13H,9-10,12H2,1-4H3,(H,21,22). The fraction of sp³-hybridized carbons (Fsp3) is 0.350. The van der Waals surface area contributed by atoms with E-state index in [2.05, 4.69) is 5.32 Å². The number of hydrogen-bond donors (Lipinski definition) is 1. The number of ether oxygens (including phenoxy) is 4. The van der Waals surface area contributed by atoms with Gasteiger partial charge in [0.25, 0.3) is 0 Å². The summed E-state index contributed by atoms with van der Waals surface area (Å²) in [6, 6.07) is 11.2. The molecule has 0 radical (unpaired) electrons. The molecule has 0 heterocycles. The summed E-state index contributed by atoms with van der Waals surface area (Å²) in [6.45, 7) is 0.535. The molecule has 0 fully saturated rings. The van der Waals surface area contributed by atoms with Crippen LogP contribution in [-0.4, -0.2) is 40.9 Å². The van der Waals surface area contributed by atoms with Gasteiger partial charge in [0.2, 0.25) is 5.91 Å². The zero-order valence-electron chi connectivity index (χ0n) is 15.6. The first kappa shape index (κ1) is 19.4. The number of carbonyl (C=O) groups excluding carboxylic acids is 1. The maximum Gasteiger partial charge on any atom is 0.224 e. The summed E-state index contributed by atoms with van der Waals surface area (Å²) in [5.74, 6) is 2.64. The van der Waals surface area contributed by atoms with Gasteiger partial charge in [-0.15, -0.1) is 0 Å². The Bertz CT molecular complexity index is 745. The zero-order valence-corrected chi connectivity index (χ0v) is 15.6. The Morgan fingerprint density at radius 1 is 0.846 bits per heavy atom. The van der Waals surface area contributed by atoms with Gasteiger partial charge in [-0.05, 0) is 30.2 Å². The van der Waals surface area contributed by atoms with Crippen LogP contribution in [0.3, 0.4) is 0 Å². The van der Waals surface area contributed by atoms with Gasteiger partial charge < -0.3 is 24.3 Å². The summed E-state index contributed by atoms with van der Waals surface area (Å²) >= 11 is 0. The Morgan fingerprint density at radius 2 is 1.58 bits per heavy atom. The van der Waals surface area contributed by atoms with Crippen molar-refractivity contribution in [1.82, 2.24) is 5.32 Å². The van der Waals surface area contributed by atoms with Crippen molar-refractivity contribution in [2.75, 3.05) is 35.0 Å². The number of benzene rings is 2. The monoisotopic (exact) mass is 359 g/mol. The van der Waals surface area contributed by atoms with Gasteiger partial charge in [0.15, 0.2) is 11.5 Å². The lowest BCUT2D eigenvalue weighted by molar-refractivity contribution is -0.120. The average Bonchev–Trinajstić information content (AvgIpc) is 2.68. The van der Waals surface area contributed by atoms with Crippen LogP contribution >= 0.6 is 0 Å². The number of carbonyl (C=O) groups is 1. The molecule has 0 atom stereocenters. The minimum atomic E-state index is -0.0612. The van der Waals surface area contributed by atoms with Crippen LogP contribution in [0.4, 0.5) is 0 Å². The SMILES string of the molecule is COc1ccc(CC(=O)NCCc2ccc(OC)c(OC)c2)c(OC)c1. The average molecular weight is 359 g/mol. The van der Waals surface area contributed by atoms with Crippen LogP contribution < -0.4 is 24.3 Å². The molecule has 0 saturated carbocycles. The molecule has 0 aliphatic rings. The molecule has 6 nitrogen and oxygen atoms in total. The summed E-state index contributed by atoms with van der Waals surface area (Å²) in [4.78, 5) is 12.2. The van der Waals surface area contributed by atoms with Crippen molar-refractivity contribution in [2.24, 2.45) is 0 Å². The highest BCUT2D eigenvalue weighted by Crippen LogP contribution is 2.27. The van der Waals surface area contributed by atoms with Crippen LogP contribution in [0.1, 0.15) is 11.1 Å². The molecular formula is C20H25NO5. The maximum atomic E-state index is 12.2. The fourth-order valence-corrected chi connectivity index (χ4v) is 2.62. The van der Waals surface area contributed by atoms with Gasteiger partial charge in [-0.3, -0.25) is 4.79 Å². The Balaban J connectivity index is 1.89. The normalized spacial score (nSPS) is 10.2. The Hall–Kier alpha value is -2.89. The molecule has 0 unspecified atom stereocenters. The second-order valence-electron chi connectivity index (χ2n) is 5.64. The topological polar surface area (TPSA) is 66.0 Å². The summed E-state index contributed by atoms with van der Waals surface area (Å²) in [5.41, 5.74) is 1.88. The van der Waals surface area contributed by atoms with Crippen molar-refractivity contribution in [2.45, 2.75) is 12.8 Å². The molecule has 140 valence electrons. The van der Waals surface area contributed by atoms with Crippen molar-refractivity contribution in [1.29, 1.82) is 0 Å². The van der Waals surface area contributed by atoms with Gasteiger partial charge in [-0.1, -0.05) is 12.1 Å². The van der Waals surface area contributed by atoms with Crippen LogP contribution in [0.5, 0.6) is 23.0 Å². The molecule has 26 heavy (non-hydrogen) atoms. The maximum absolute atomic E-state index is 12.2. The molecule has 6 heteroatoms. The number of hydrogen-bond acceptors (Lipinski definition) is 5. The Labute approximate surface area is 154 Å². The van der Waals surface area contributed by atoms with E-state index in [4.69, 9.17) is 18.9 Å². The lowest BCUT2D eigenvalue weighted by Crippen LogP contribution is -2.27. The van der Waals surface area contributed by atoms with Gasteiger partial charge in [0.05, 0.1) is 34.9 Å². The van der Waals surface area contributed by atoms with Gasteiger partial charge in [-0.2, -0.15) is 0 Å². The van der Waals surface area contributed by atoms with E-state index in [1.165, 1.54) is 0 Å². The molecule has 0 spiro atoms. The molecule has 1 amide bonds. The van der Waals surface area contributed by atoms with E-state index in [9.17, 15) is 4.79 Å². The minimum Gasteiger partial charge on any atom is -0.497 e. The molecule has 0 aliphatic carbocycles. The zero-order chi connectivity index (χ0) is 18.9. The molecule has 0 saturated heterocycles. The highest BCUT2D eigenvalue weighted by atomic mass is 16.5. The molecule has 2 rings (SSSR count). The van der Waals surface area contributed by atoms with Crippen LogP contribution in [-0.2, 0) is 17.6 Å². The minimum absolute atomic E-state index is 0.0612. The smallest absolute Gasteiger partial charge is 0.224 e. The predicted octanol–water partition coefficient (Wildman–Crippen LogP) is 2.62. The number of amides is 1. The van der Waals surface area contributed by atoms with E-state index in [-0.39, 0.29) is 12.3 Å². The van der Waals surface area contributed by atoms with Crippen molar-refractivity contribution in [3.05, 3.63) is 47.5 Å². The first-order valence-electron chi connectivity index (χ1n) is 8.29. The predicted molar refractivity (Wildman–Crippen MR) is 99.5 cm³/mol. The van der Waals surface area contributed by atoms with Crippen molar-refractivity contribution in [3.8, 4) is 23.0 Å². The Morgan fingerprint density at radius 3 is 2.23 bits per heavy atom.